The molecule has 3 N–H and O–H groups in total. The van der Waals surface area contributed by atoms with Crippen LogP contribution in [-0.4, -0.2) is 26.6 Å². The van der Waals surface area contributed by atoms with E-state index in [0.717, 1.165) is 6.07 Å². The van der Waals surface area contributed by atoms with E-state index < -0.39 is 29.7 Å². The number of thiophene rings is 1. The Hall–Kier alpha value is -2.66. The first-order valence-corrected chi connectivity index (χ1v) is 9.42. The average Bonchev–Trinajstić information content (AvgIpc) is 3.14. The molecule has 7 nitrogen and oxygen atoms in total. The van der Waals surface area contributed by atoms with E-state index in [1.807, 2.05) is 0 Å². The first-order valence-electron chi connectivity index (χ1n) is 8.23. The van der Waals surface area contributed by atoms with Crippen molar-refractivity contribution in [1.29, 1.82) is 0 Å². The number of hydrogen-bond donors (Lipinski definition) is 2. The fraction of sp³-hybridized carbons (Fsp3) is 0.294. The number of rotatable bonds is 4. The van der Waals surface area contributed by atoms with E-state index in [1.165, 1.54) is 17.8 Å². The van der Waals surface area contributed by atoms with Gasteiger partial charge in [-0.2, -0.15) is 18.3 Å². The monoisotopic (exact) mass is 445 g/mol. The maximum Gasteiger partial charge on any atom is 0.433 e. The van der Waals surface area contributed by atoms with E-state index in [0.29, 0.717) is 22.1 Å². The number of carbonyl (C=O) groups is 2. The number of amides is 2. The maximum absolute atomic E-state index is 13.1. The summed E-state index contributed by atoms with van der Waals surface area (Å²) in [6, 6.07) is 0.0508. The molecule has 3 aromatic heterocycles. The summed E-state index contributed by atoms with van der Waals surface area (Å²) in [5.41, 5.74) is 5.05. The Morgan fingerprint density at radius 1 is 1.34 bits per heavy atom. The van der Waals surface area contributed by atoms with Gasteiger partial charge in [-0.15, -0.1) is 11.3 Å². The summed E-state index contributed by atoms with van der Waals surface area (Å²) in [4.78, 5) is 28.0. The number of nitrogens with one attached hydrogen (secondary N) is 1. The molecular weight excluding hydrogens is 431 g/mol. The fourth-order valence-corrected chi connectivity index (χ4v) is 3.92. The quantitative estimate of drug-likeness (QED) is 0.631. The van der Waals surface area contributed by atoms with Crippen LogP contribution < -0.4 is 11.1 Å². The van der Waals surface area contributed by atoms with E-state index in [4.69, 9.17) is 17.3 Å². The van der Waals surface area contributed by atoms with Gasteiger partial charge in [0.25, 0.3) is 5.91 Å². The Kier molecular flexibility index (Phi) is 5.30. The van der Waals surface area contributed by atoms with Gasteiger partial charge in [-0.3, -0.25) is 14.3 Å². The van der Waals surface area contributed by atoms with Crippen LogP contribution >= 0.6 is 22.9 Å². The summed E-state index contributed by atoms with van der Waals surface area (Å²) in [7, 11) is 0. The number of carbonyl (C=O) groups excluding carboxylic acids is 2. The van der Waals surface area contributed by atoms with Crippen molar-refractivity contribution in [3.05, 3.63) is 39.1 Å². The second-order valence-corrected chi connectivity index (χ2v) is 7.79. The van der Waals surface area contributed by atoms with Gasteiger partial charge in [-0.1, -0.05) is 11.6 Å². The SMILES string of the molecule is Cc1nn(C(C)C(=O)Nc2c(C(N)=O)sc3nc(C(F)(F)F)cc(C)c23)cc1Cl. The molecule has 0 spiro atoms. The average molecular weight is 446 g/mol. The van der Waals surface area contributed by atoms with Crippen LogP contribution in [-0.2, 0) is 11.0 Å². The Morgan fingerprint density at radius 2 is 2.00 bits per heavy atom. The highest BCUT2D eigenvalue weighted by molar-refractivity contribution is 7.21. The van der Waals surface area contributed by atoms with Crippen molar-refractivity contribution in [3.8, 4) is 0 Å². The van der Waals surface area contributed by atoms with Gasteiger partial charge in [0.15, 0.2) is 0 Å². The number of aryl methyl sites for hydroxylation is 2. The van der Waals surface area contributed by atoms with Gasteiger partial charge in [-0.05, 0) is 32.4 Å². The first kappa shape index (κ1) is 21.1. The molecule has 3 rings (SSSR count). The molecule has 1 atom stereocenters. The molecule has 3 aromatic rings. The Bertz CT molecular complexity index is 1120. The van der Waals surface area contributed by atoms with Gasteiger partial charge in [0, 0.05) is 11.6 Å². The Morgan fingerprint density at radius 3 is 2.52 bits per heavy atom. The van der Waals surface area contributed by atoms with Gasteiger partial charge in [0.1, 0.15) is 21.4 Å². The smallest absolute Gasteiger partial charge is 0.365 e. The third kappa shape index (κ3) is 3.92. The lowest BCUT2D eigenvalue weighted by atomic mass is 10.1. The lowest BCUT2D eigenvalue weighted by Gasteiger charge is -2.14. The summed E-state index contributed by atoms with van der Waals surface area (Å²) < 4.78 is 40.5. The minimum Gasteiger partial charge on any atom is -0.365 e. The van der Waals surface area contributed by atoms with Crippen molar-refractivity contribution in [2.45, 2.75) is 33.0 Å². The number of primary amides is 1. The zero-order valence-electron chi connectivity index (χ0n) is 15.4. The molecule has 0 aromatic carbocycles. The third-order valence-corrected chi connectivity index (χ3v) is 5.72. The van der Waals surface area contributed by atoms with Gasteiger partial charge in [0.05, 0.1) is 16.4 Å². The van der Waals surface area contributed by atoms with Crippen LogP contribution in [0.5, 0.6) is 0 Å². The molecule has 2 amide bonds. The largest absolute Gasteiger partial charge is 0.433 e. The zero-order valence-corrected chi connectivity index (χ0v) is 17.0. The van der Waals surface area contributed by atoms with Crippen LogP contribution in [0.4, 0.5) is 18.9 Å². The minimum atomic E-state index is -4.65. The summed E-state index contributed by atoms with van der Waals surface area (Å²) >= 11 is 6.65. The van der Waals surface area contributed by atoms with E-state index in [9.17, 15) is 22.8 Å². The third-order valence-electron chi connectivity index (χ3n) is 4.25. The maximum atomic E-state index is 13.1. The van der Waals surface area contributed by atoms with Crippen LogP contribution in [0.1, 0.15) is 39.6 Å². The van der Waals surface area contributed by atoms with Gasteiger partial charge >= 0.3 is 6.18 Å². The van der Waals surface area contributed by atoms with Crippen LogP contribution in [0.15, 0.2) is 12.3 Å². The van der Waals surface area contributed by atoms with Crippen molar-refractivity contribution in [2.24, 2.45) is 5.73 Å². The van der Waals surface area contributed by atoms with E-state index in [-0.39, 0.29) is 26.3 Å². The Labute approximate surface area is 171 Å². The second kappa shape index (κ2) is 7.30. The highest BCUT2D eigenvalue weighted by Crippen LogP contribution is 2.40. The van der Waals surface area contributed by atoms with E-state index in [1.54, 1.807) is 13.8 Å². The number of nitrogens with zero attached hydrogens (tertiary/aromatic N) is 3. The van der Waals surface area contributed by atoms with Crippen LogP contribution in [0.25, 0.3) is 10.2 Å². The van der Waals surface area contributed by atoms with E-state index in [2.05, 4.69) is 15.4 Å². The molecule has 0 aliphatic carbocycles. The standard InChI is InChI=1S/C17H15ClF3N5O2S/c1-6-4-10(17(19,20)21)23-16-11(6)12(13(29-16)14(22)27)24-15(28)8(3)26-5-9(18)7(2)25-26/h4-5,8H,1-3H3,(H2,22,27)(H,24,28). The summed E-state index contributed by atoms with van der Waals surface area (Å²) in [5.74, 6) is -1.44. The highest BCUT2D eigenvalue weighted by atomic mass is 35.5. The van der Waals surface area contributed by atoms with Crippen molar-refractivity contribution in [2.75, 3.05) is 5.32 Å². The normalized spacial score (nSPS) is 12.9. The van der Waals surface area contributed by atoms with Crippen LogP contribution in [0.2, 0.25) is 5.02 Å². The molecule has 3 heterocycles. The number of halogens is 4. The molecular formula is C17H15ClF3N5O2S. The van der Waals surface area contributed by atoms with Crippen molar-refractivity contribution in [1.82, 2.24) is 14.8 Å². The lowest BCUT2D eigenvalue weighted by Crippen LogP contribution is -2.25. The summed E-state index contributed by atoms with van der Waals surface area (Å²) in [5, 5.41) is 7.33. The molecule has 0 fully saturated rings. The predicted molar refractivity (Wildman–Crippen MR) is 103 cm³/mol. The zero-order chi connectivity index (χ0) is 21.7. The molecule has 29 heavy (non-hydrogen) atoms. The van der Waals surface area contributed by atoms with Crippen molar-refractivity contribution >= 4 is 50.7 Å². The molecule has 154 valence electrons. The number of pyridine rings is 1. The molecule has 12 heteroatoms. The molecule has 0 saturated heterocycles. The molecule has 0 bridgehead atoms. The number of hydrogen-bond acceptors (Lipinski definition) is 5. The molecule has 1 unspecified atom stereocenters. The van der Waals surface area contributed by atoms with Gasteiger partial charge in [0.2, 0.25) is 5.91 Å². The van der Waals surface area contributed by atoms with Gasteiger partial charge < -0.3 is 11.1 Å². The number of anilines is 1. The summed E-state index contributed by atoms with van der Waals surface area (Å²) in [6.45, 7) is 4.67. The van der Waals surface area contributed by atoms with Gasteiger partial charge in [-0.25, -0.2) is 4.98 Å². The Balaban J connectivity index is 2.06. The first-order chi connectivity index (χ1) is 13.4. The minimum absolute atomic E-state index is 0.0306. The topological polar surface area (TPSA) is 103 Å². The number of aromatic nitrogens is 3. The lowest BCUT2D eigenvalue weighted by molar-refractivity contribution is -0.141. The highest BCUT2D eigenvalue weighted by Gasteiger charge is 2.34. The number of alkyl halides is 3. The fourth-order valence-electron chi connectivity index (χ4n) is 2.73. The van der Waals surface area contributed by atoms with E-state index >= 15 is 0 Å². The molecule has 0 saturated carbocycles. The number of nitrogens with two attached hydrogens (primary N) is 1. The molecule has 0 aliphatic heterocycles. The summed E-state index contributed by atoms with van der Waals surface area (Å²) in [6.07, 6.45) is -3.17. The van der Waals surface area contributed by atoms with Crippen LogP contribution in [0.3, 0.4) is 0 Å². The second-order valence-electron chi connectivity index (χ2n) is 6.38. The van der Waals surface area contributed by atoms with Crippen molar-refractivity contribution in [3.63, 3.8) is 0 Å². The number of fused-ring (bicyclic) bond motifs is 1. The van der Waals surface area contributed by atoms with Crippen LogP contribution in [0, 0.1) is 13.8 Å². The predicted octanol–water partition coefficient (Wildman–Crippen LogP) is 4.08. The molecule has 0 radical (unpaired) electrons. The molecule has 0 aliphatic rings. The van der Waals surface area contributed by atoms with Crippen molar-refractivity contribution < 1.29 is 22.8 Å².